The van der Waals surface area contributed by atoms with Crippen molar-refractivity contribution in [1.29, 1.82) is 0 Å². The fourth-order valence-corrected chi connectivity index (χ4v) is 1.85. The summed E-state index contributed by atoms with van der Waals surface area (Å²) in [5.41, 5.74) is 0. The molecular weight excluding hydrogens is 232 g/mol. The molecule has 8 heteroatoms. The highest BCUT2D eigenvalue weighted by Crippen LogP contribution is 2.06. The lowest BCUT2D eigenvalue weighted by atomic mass is 10.7. The van der Waals surface area contributed by atoms with Gasteiger partial charge in [-0.25, -0.2) is 23.1 Å². The zero-order valence-corrected chi connectivity index (χ0v) is 9.91. The Balaban J connectivity index is 2.74. The van der Waals surface area contributed by atoms with Crippen LogP contribution in [0.3, 0.4) is 0 Å². The fourth-order valence-electron chi connectivity index (χ4n) is 0.945. The molecule has 0 aliphatic carbocycles. The summed E-state index contributed by atoms with van der Waals surface area (Å²) in [6, 6.07) is 0. The molecule has 0 amide bonds. The van der Waals surface area contributed by atoms with Crippen molar-refractivity contribution in [3.63, 3.8) is 0 Å². The van der Waals surface area contributed by atoms with Crippen LogP contribution in [0.25, 0.3) is 0 Å². The van der Waals surface area contributed by atoms with Crippen molar-refractivity contribution >= 4 is 16.0 Å². The van der Waals surface area contributed by atoms with Crippen LogP contribution in [0.1, 0.15) is 0 Å². The lowest BCUT2D eigenvalue weighted by Crippen LogP contribution is -2.27. The maximum atomic E-state index is 11.6. The minimum Gasteiger partial charge on any atom is -0.383 e. The van der Waals surface area contributed by atoms with Gasteiger partial charge in [-0.1, -0.05) is 0 Å². The number of anilines is 1. The number of sulfonamides is 1. The Hall–Kier alpha value is -1.25. The second-order valence-corrected chi connectivity index (χ2v) is 4.65. The quantitative estimate of drug-likeness (QED) is 0.654. The highest BCUT2D eigenvalue weighted by Gasteiger charge is 2.14. The largest absolute Gasteiger partial charge is 0.383 e. The molecule has 0 fully saturated rings. The highest BCUT2D eigenvalue weighted by atomic mass is 32.2. The van der Waals surface area contributed by atoms with Gasteiger partial charge in [-0.05, 0) is 0 Å². The molecule has 0 aliphatic heterocycles. The molecule has 0 unspecified atom stereocenters. The predicted molar refractivity (Wildman–Crippen MR) is 58.6 cm³/mol. The van der Waals surface area contributed by atoms with Gasteiger partial charge >= 0.3 is 0 Å². The number of hydrogen-bond acceptors (Lipinski definition) is 6. The summed E-state index contributed by atoms with van der Waals surface area (Å²) in [6.07, 6.45) is 2.49. The van der Waals surface area contributed by atoms with Crippen molar-refractivity contribution in [2.75, 3.05) is 32.6 Å². The number of hydrogen-bond donors (Lipinski definition) is 2. The molecule has 16 heavy (non-hydrogen) atoms. The second-order valence-electron chi connectivity index (χ2n) is 2.88. The summed E-state index contributed by atoms with van der Waals surface area (Å²) in [5.74, 6) is 0.371. The molecule has 7 nitrogen and oxygen atoms in total. The van der Waals surface area contributed by atoms with Crippen molar-refractivity contribution in [2.24, 2.45) is 0 Å². The molecule has 1 aromatic rings. The lowest BCUT2D eigenvalue weighted by molar-refractivity contribution is 0.204. The van der Waals surface area contributed by atoms with Gasteiger partial charge in [0.05, 0.1) is 19.0 Å². The predicted octanol–water partition coefficient (Wildman–Crippen LogP) is -0.557. The molecule has 0 bridgehead atoms. The van der Waals surface area contributed by atoms with Crippen molar-refractivity contribution in [3.05, 3.63) is 12.4 Å². The monoisotopic (exact) mass is 246 g/mol. The Morgan fingerprint density at radius 3 is 2.50 bits per heavy atom. The number of methoxy groups -OCH3 is 1. The molecule has 0 saturated carbocycles. The third-order valence-electron chi connectivity index (χ3n) is 1.76. The van der Waals surface area contributed by atoms with E-state index in [1.165, 1.54) is 19.5 Å². The lowest BCUT2D eigenvalue weighted by Gasteiger charge is -2.05. The summed E-state index contributed by atoms with van der Waals surface area (Å²) in [4.78, 5) is 7.67. The van der Waals surface area contributed by atoms with Crippen LogP contribution in [0.15, 0.2) is 17.3 Å². The van der Waals surface area contributed by atoms with Gasteiger partial charge in [0.25, 0.3) is 0 Å². The standard InChI is InChI=1S/C8H14N4O3S/c1-9-8-10-5-7(6-11-8)16(13,14)12-3-4-15-2/h5-6,12H,3-4H2,1-2H3,(H,9,10,11). The van der Waals surface area contributed by atoms with Crippen molar-refractivity contribution < 1.29 is 13.2 Å². The molecular formula is C8H14N4O3S. The van der Waals surface area contributed by atoms with Crippen molar-refractivity contribution in [3.8, 4) is 0 Å². The maximum absolute atomic E-state index is 11.6. The summed E-state index contributed by atoms with van der Waals surface area (Å²) in [5, 5.41) is 2.70. The van der Waals surface area contributed by atoms with Gasteiger partial charge in [-0.3, -0.25) is 0 Å². The molecule has 0 radical (unpaired) electrons. The molecule has 2 N–H and O–H groups in total. The van der Waals surface area contributed by atoms with Crippen LogP contribution < -0.4 is 10.0 Å². The topological polar surface area (TPSA) is 93.2 Å². The minimum atomic E-state index is -3.54. The molecule has 0 saturated heterocycles. The van der Waals surface area contributed by atoms with E-state index in [0.717, 1.165) is 0 Å². The number of aromatic nitrogens is 2. The van der Waals surface area contributed by atoms with E-state index in [9.17, 15) is 8.42 Å². The van der Waals surface area contributed by atoms with Gasteiger partial charge in [0, 0.05) is 20.7 Å². The normalized spacial score (nSPS) is 11.4. The zero-order chi connectivity index (χ0) is 12.0. The maximum Gasteiger partial charge on any atom is 0.243 e. The number of nitrogens with one attached hydrogen (secondary N) is 2. The number of rotatable bonds is 6. The Labute approximate surface area is 94.3 Å². The van der Waals surface area contributed by atoms with Gasteiger partial charge < -0.3 is 10.1 Å². The summed E-state index contributed by atoms with van der Waals surface area (Å²) < 4.78 is 30.4. The molecule has 0 atom stereocenters. The summed E-state index contributed by atoms with van der Waals surface area (Å²) in [7, 11) is -0.388. The first-order valence-electron chi connectivity index (χ1n) is 4.58. The van der Waals surface area contributed by atoms with Crippen LogP contribution >= 0.6 is 0 Å². The SMILES string of the molecule is CNc1ncc(S(=O)(=O)NCCOC)cn1. The molecule has 90 valence electrons. The van der Waals surface area contributed by atoms with Crippen LogP contribution in [0.2, 0.25) is 0 Å². The van der Waals surface area contributed by atoms with Gasteiger partial charge in [-0.2, -0.15) is 0 Å². The first-order chi connectivity index (χ1) is 7.60. The van der Waals surface area contributed by atoms with Gasteiger partial charge in [0.1, 0.15) is 4.90 Å². The fraction of sp³-hybridized carbons (Fsp3) is 0.500. The van der Waals surface area contributed by atoms with E-state index in [1.54, 1.807) is 7.05 Å². The molecule has 1 rings (SSSR count). The number of ether oxygens (including phenoxy) is 1. The van der Waals surface area contributed by atoms with E-state index in [1.807, 2.05) is 0 Å². The number of nitrogens with zero attached hydrogens (tertiary/aromatic N) is 2. The average Bonchev–Trinajstić information content (AvgIpc) is 2.29. The third kappa shape index (κ3) is 3.40. The van der Waals surface area contributed by atoms with Crippen LogP contribution in [0.5, 0.6) is 0 Å². The van der Waals surface area contributed by atoms with Gasteiger partial charge in [-0.15, -0.1) is 0 Å². The summed E-state index contributed by atoms with van der Waals surface area (Å²) >= 11 is 0. The van der Waals surface area contributed by atoms with Crippen LogP contribution in [-0.2, 0) is 14.8 Å². The zero-order valence-electron chi connectivity index (χ0n) is 9.10. The van der Waals surface area contributed by atoms with Crippen LogP contribution in [-0.4, -0.2) is 45.7 Å². The second kappa shape index (κ2) is 5.73. The highest BCUT2D eigenvalue weighted by molar-refractivity contribution is 7.89. The van der Waals surface area contributed by atoms with Crippen LogP contribution in [0.4, 0.5) is 5.95 Å². The van der Waals surface area contributed by atoms with E-state index < -0.39 is 10.0 Å². The van der Waals surface area contributed by atoms with E-state index in [4.69, 9.17) is 4.74 Å². The van der Waals surface area contributed by atoms with Crippen molar-refractivity contribution in [2.45, 2.75) is 4.90 Å². The molecule has 1 heterocycles. The van der Waals surface area contributed by atoms with Gasteiger partial charge in [0.15, 0.2) is 0 Å². The Morgan fingerprint density at radius 1 is 1.38 bits per heavy atom. The van der Waals surface area contributed by atoms with Crippen molar-refractivity contribution in [1.82, 2.24) is 14.7 Å². The van der Waals surface area contributed by atoms with Gasteiger partial charge in [0.2, 0.25) is 16.0 Å². The molecule has 1 aromatic heterocycles. The smallest absolute Gasteiger partial charge is 0.243 e. The third-order valence-corrected chi connectivity index (χ3v) is 3.18. The first-order valence-corrected chi connectivity index (χ1v) is 6.07. The van der Waals surface area contributed by atoms with E-state index in [2.05, 4.69) is 20.0 Å². The Morgan fingerprint density at radius 2 is 2.00 bits per heavy atom. The summed E-state index contributed by atoms with van der Waals surface area (Å²) in [6.45, 7) is 0.529. The Kier molecular flexibility index (Phi) is 4.59. The molecule has 0 aliphatic rings. The molecule has 0 spiro atoms. The van der Waals surface area contributed by atoms with Crippen LogP contribution in [0, 0.1) is 0 Å². The minimum absolute atomic E-state index is 0.0302. The van der Waals surface area contributed by atoms with E-state index in [0.29, 0.717) is 12.6 Å². The van der Waals surface area contributed by atoms with E-state index in [-0.39, 0.29) is 11.4 Å². The molecule has 0 aromatic carbocycles. The van der Waals surface area contributed by atoms with E-state index >= 15 is 0 Å². The Bertz CT molecular complexity index is 417. The average molecular weight is 246 g/mol. The first kappa shape index (κ1) is 12.8.